The van der Waals surface area contributed by atoms with E-state index in [1.165, 1.54) is 16.7 Å². The zero-order valence-corrected chi connectivity index (χ0v) is 13.5. The predicted molar refractivity (Wildman–Crippen MR) is 87.4 cm³/mol. The van der Waals surface area contributed by atoms with Crippen molar-refractivity contribution in [1.82, 2.24) is 14.9 Å². The molecule has 23 heavy (non-hydrogen) atoms. The van der Waals surface area contributed by atoms with Crippen LogP contribution in [0.1, 0.15) is 6.42 Å². The Morgan fingerprint density at radius 3 is 2.91 bits per heavy atom. The van der Waals surface area contributed by atoms with Gasteiger partial charge in [0.1, 0.15) is 0 Å². The minimum Gasteiger partial charge on any atom is -0.548 e. The Hall–Kier alpha value is -2.22. The van der Waals surface area contributed by atoms with Crippen molar-refractivity contribution in [3.05, 3.63) is 24.3 Å². The summed E-state index contributed by atoms with van der Waals surface area (Å²) >= 11 is 1.53. The first-order chi connectivity index (χ1) is 11.1. The minimum atomic E-state index is -1.26. The van der Waals surface area contributed by atoms with Crippen LogP contribution in [0.5, 0.6) is 0 Å². The Bertz CT molecular complexity index is 745. The first-order valence-corrected chi connectivity index (χ1v) is 8.74. The Labute approximate surface area is 137 Å². The molecule has 1 aliphatic heterocycles. The molecule has 2 heterocycles. The fourth-order valence-electron chi connectivity index (χ4n) is 2.69. The maximum atomic E-state index is 12.4. The summed E-state index contributed by atoms with van der Waals surface area (Å²) in [5.41, 5.74) is 1.79. The second-order valence-electron chi connectivity index (χ2n) is 5.31. The molecule has 1 atom stereocenters. The van der Waals surface area contributed by atoms with Crippen molar-refractivity contribution in [3.63, 3.8) is 0 Å². The molecule has 1 aromatic heterocycles. The van der Waals surface area contributed by atoms with E-state index in [-0.39, 0.29) is 0 Å². The molecule has 2 aromatic rings. The normalized spacial score (nSPS) is 14.7. The van der Waals surface area contributed by atoms with Crippen LogP contribution in [0.3, 0.4) is 0 Å². The third-order valence-corrected chi connectivity index (χ3v) is 4.51. The SMILES string of the molecule is CSCC[C@H](NC(=O)N1CCn2c1nc1ccccc12)C(=O)[O-]. The first-order valence-electron chi connectivity index (χ1n) is 7.35. The molecule has 0 aliphatic carbocycles. The smallest absolute Gasteiger partial charge is 0.324 e. The number of imidazole rings is 1. The van der Waals surface area contributed by atoms with Crippen molar-refractivity contribution in [3.8, 4) is 0 Å². The van der Waals surface area contributed by atoms with Gasteiger partial charge in [-0.25, -0.2) is 9.78 Å². The van der Waals surface area contributed by atoms with Gasteiger partial charge in [-0.15, -0.1) is 0 Å². The highest BCUT2D eigenvalue weighted by Crippen LogP contribution is 2.27. The van der Waals surface area contributed by atoms with Gasteiger partial charge in [0.05, 0.1) is 23.0 Å². The molecule has 0 saturated carbocycles. The van der Waals surface area contributed by atoms with Crippen LogP contribution >= 0.6 is 11.8 Å². The van der Waals surface area contributed by atoms with E-state index in [9.17, 15) is 14.7 Å². The van der Waals surface area contributed by atoms with Crippen molar-refractivity contribution in [2.45, 2.75) is 19.0 Å². The van der Waals surface area contributed by atoms with Gasteiger partial charge >= 0.3 is 6.03 Å². The van der Waals surface area contributed by atoms with Crippen LogP contribution in [0.4, 0.5) is 10.7 Å². The number of rotatable bonds is 5. The lowest BCUT2D eigenvalue weighted by molar-refractivity contribution is -0.308. The number of nitrogens with one attached hydrogen (secondary N) is 1. The van der Waals surface area contributed by atoms with E-state index in [0.29, 0.717) is 31.2 Å². The number of amides is 2. The van der Waals surface area contributed by atoms with Gasteiger partial charge in [0.25, 0.3) is 0 Å². The number of carboxylic acids is 1. The van der Waals surface area contributed by atoms with Crippen molar-refractivity contribution in [2.75, 3.05) is 23.5 Å². The standard InChI is InChI=1S/C15H18N4O3S/c1-23-9-6-11(13(20)21)17-15(22)19-8-7-18-12-5-3-2-4-10(12)16-14(18)19/h2-5,11H,6-9H2,1H3,(H,17,22)(H,20,21)/p-1/t11-/m0/s1. The Balaban J connectivity index is 1.78. The average Bonchev–Trinajstić information content (AvgIpc) is 3.09. The van der Waals surface area contributed by atoms with Crippen molar-refractivity contribution < 1.29 is 14.7 Å². The molecule has 0 spiro atoms. The largest absolute Gasteiger partial charge is 0.548 e. The third kappa shape index (κ3) is 2.98. The number of carboxylic acid groups (broad SMARTS) is 1. The highest BCUT2D eigenvalue weighted by atomic mass is 32.2. The van der Waals surface area contributed by atoms with E-state index in [0.717, 1.165) is 11.0 Å². The fraction of sp³-hybridized carbons (Fsp3) is 0.400. The molecule has 1 aliphatic rings. The number of hydrogen-bond donors (Lipinski definition) is 1. The monoisotopic (exact) mass is 333 g/mol. The number of para-hydroxylation sites is 2. The number of fused-ring (bicyclic) bond motifs is 3. The molecule has 0 radical (unpaired) electrons. The molecular formula is C15H17N4O3S-. The summed E-state index contributed by atoms with van der Waals surface area (Å²) in [6.07, 6.45) is 2.22. The number of carbonyl (C=O) groups is 2. The number of aliphatic carboxylic acids is 1. The minimum absolute atomic E-state index is 0.333. The molecule has 122 valence electrons. The maximum absolute atomic E-state index is 12.4. The van der Waals surface area contributed by atoms with Crippen LogP contribution in [-0.4, -0.2) is 46.1 Å². The van der Waals surface area contributed by atoms with Gasteiger partial charge in [0.15, 0.2) is 0 Å². The highest BCUT2D eigenvalue weighted by Gasteiger charge is 2.29. The molecule has 0 fully saturated rings. The number of benzene rings is 1. The molecule has 1 N–H and O–H groups in total. The summed E-state index contributed by atoms with van der Waals surface area (Å²) in [5, 5.41) is 13.7. The number of urea groups is 1. The summed E-state index contributed by atoms with van der Waals surface area (Å²) < 4.78 is 1.96. The van der Waals surface area contributed by atoms with E-state index < -0.39 is 18.0 Å². The number of hydrogen-bond acceptors (Lipinski definition) is 5. The molecule has 0 bridgehead atoms. The lowest BCUT2D eigenvalue weighted by Crippen LogP contribution is -2.52. The van der Waals surface area contributed by atoms with Crippen LogP contribution in [0.2, 0.25) is 0 Å². The van der Waals surface area contributed by atoms with Crippen LogP contribution in [-0.2, 0) is 11.3 Å². The second-order valence-corrected chi connectivity index (χ2v) is 6.29. The summed E-state index contributed by atoms with van der Waals surface area (Å²) in [7, 11) is 0. The summed E-state index contributed by atoms with van der Waals surface area (Å²) in [6.45, 7) is 1.12. The van der Waals surface area contributed by atoms with Crippen molar-refractivity contribution in [2.24, 2.45) is 0 Å². The molecule has 7 nitrogen and oxygen atoms in total. The van der Waals surface area contributed by atoms with E-state index in [2.05, 4.69) is 10.3 Å². The van der Waals surface area contributed by atoms with E-state index in [1.807, 2.05) is 35.1 Å². The molecule has 3 rings (SSSR count). The highest BCUT2D eigenvalue weighted by molar-refractivity contribution is 7.98. The number of carbonyl (C=O) groups excluding carboxylic acids is 2. The van der Waals surface area contributed by atoms with Gasteiger partial charge in [-0.2, -0.15) is 11.8 Å². The van der Waals surface area contributed by atoms with E-state index in [1.54, 1.807) is 0 Å². The lowest BCUT2D eigenvalue weighted by Gasteiger charge is -2.22. The molecule has 8 heteroatoms. The van der Waals surface area contributed by atoms with Crippen LogP contribution in [0.15, 0.2) is 24.3 Å². The Kier molecular flexibility index (Phi) is 4.42. The fourth-order valence-corrected chi connectivity index (χ4v) is 3.16. The summed E-state index contributed by atoms with van der Waals surface area (Å²) in [6, 6.07) is 6.22. The van der Waals surface area contributed by atoms with Crippen LogP contribution < -0.4 is 15.3 Å². The zero-order valence-electron chi connectivity index (χ0n) is 12.7. The van der Waals surface area contributed by atoms with Gasteiger partial charge in [-0.05, 0) is 30.6 Å². The third-order valence-electron chi connectivity index (χ3n) is 3.86. The predicted octanol–water partition coefficient (Wildman–Crippen LogP) is 0.437. The van der Waals surface area contributed by atoms with E-state index >= 15 is 0 Å². The number of nitrogens with zero attached hydrogens (tertiary/aromatic N) is 3. The van der Waals surface area contributed by atoms with Gasteiger partial charge < -0.3 is 19.8 Å². The van der Waals surface area contributed by atoms with Gasteiger partial charge in [0.2, 0.25) is 5.95 Å². The first kappa shape index (κ1) is 15.7. The Morgan fingerprint density at radius 2 is 2.17 bits per heavy atom. The van der Waals surface area contributed by atoms with Crippen molar-refractivity contribution in [1.29, 1.82) is 0 Å². The topological polar surface area (TPSA) is 90.3 Å². The molecule has 2 amide bonds. The molecule has 1 aromatic carbocycles. The summed E-state index contributed by atoms with van der Waals surface area (Å²) in [4.78, 5) is 29.5. The van der Waals surface area contributed by atoms with E-state index in [4.69, 9.17) is 0 Å². The zero-order chi connectivity index (χ0) is 16.4. The molecule has 0 saturated heterocycles. The molecular weight excluding hydrogens is 316 g/mol. The maximum Gasteiger partial charge on any atom is 0.324 e. The second kappa shape index (κ2) is 6.49. The molecule has 0 unspecified atom stereocenters. The number of thioether (sulfide) groups is 1. The van der Waals surface area contributed by atoms with Gasteiger partial charge in [-0.1, -0.05) is 12.1 Å². The summed E-state index contributed by atoms with van der Waals surface area (Å²) in [5.74, 6) is -0.0805. The van der Waals surface area contributed by atoms with Gasteiger partial charge in [0, 0.05) is 13.1 Å². The van der Waals surface area contributed by atoms with Crippen LogP contribution in [0.25, 0.3) is 11.0 Å². The Morgan fingerprint density at radius 1 is 1.39 bits per heavy atom. The lowest BCUT2D eigenvalue weighted by atomic mass is 10.2. The quantitative estimate of drug-likeness (QED) is 0.857. The number of aromatic nitrogens is 2. The van der Waals surface area contributed by atoms with Crippen molar-refractivity contribution >= 4 is 40.7 Å². The van der Waals surface area contributed by atoms with Gasteiger partial charge in [-0.3, -0.25) is 4.90 Å². The van der Waals surface area contributed by atoms with Crippen LogP contribution in [0, 0.1) is 0 Å². The average molecular weight is 333 g/mol. The number of anilines is 1.